The van der Waals surface area contributed by atoms with Crippen LogP contribution < -0.4 is 0 Å². The number of para-hydroxylation sites is 3. The van der Waals surface area contributed by atoms with Crippen molar-refractivity contribution in [3.05, 3.63) is 199 Å². The van der Waals surface area contributed by atoms with Crippen molar-refractivity contribution in [2.45, 2.75) is 12.8 Å². The monoisotopic (exact) mass is 716 g/mol. The number of rotatable bonds is 6. The molecule has 7 aromatic carbocycles. The maximum absolute atomic E-state index is 5.25. The zero-order chi connectivity index (χ0) is 37.0. The van der Waals surface area contributed by atoms with E-state index in [1.807, 2.05) is 0 Å². The molecule has 0 saturated carbocycles. The molecule has 1 aliphatic rings. The molecule has 0 amide bonds. The zero-order valence-corrected chi connectivity index (χ0v) is 30.7. The van der Waals surface area contributed by atoms with Crippen molar-refractivity contribution in [3.8, 4) is 56.4 Å². The number of allylic oxidation sites excluding steroid dienone is 1. The minimum absolute atomic E-state index is 0.694. The summed E-state index contributed by atoms with van der Waals surface area (Å²) in [5, 5.41) is 3.84. The van der Waals surface area contributed by atoms with Gasteiger partial charge >= 0.3 is 0 Å². The molecule has 0 bridgehead atoms. The van der Waals surface area contributed by atoms with E-state index in [9.17, 15) is 0 Å². The van der Waals surface area contributed by atoms with Crippen LogP contribution in [0.3, 0.4) is 0 Å². The molecule has 0 N–H and O–H groups in total. The molecule has 0 fully saturated rings. The smallest absolute Gasteiger partial charge is 0.160 e. The second kappa shape index (κ2) is 13.2. The molecule has 4 nitrogen and oxygen atoms in total. The Morgan fingerprint density at radius 3 is 1.62 bits per heavy atom. The summed E-state index contributed by atoms with van der Waals surface area (Å²) in [6.45, 7) is 0. The largest absolute Gasteiger partial charge is 0.310 e. The van der Waals surface area contributed by atoms with E-state index in [0.29, 0.717) is 5.82 Å². The SMILES string of the molecule is C1=Cc2c(c3ccccc3n2-c2ccc(-c3nc(-c4ccc(-n5c6ccccc6c6ccccc65)cc4)cc(-c4cccc(-c5ccccc5)c4)n3)cc2)CC1. The lowest BCUT2D eigenvalue weighted by Gasteiger charge is -2.14. The second-order valence-electron chi connectivity index (χ2n) is 14.5. The predicted octanol–water partition coefficient (Wildman–Crippen LogP) is 13.1. The van der Waals surface area contributed by atoms with Crippen molar-refractivity contribution < 1.29 is 0 Å². The van der Waals surface area contributed by atoms with Gasteiger partial charge in [0.2, 0.25) is 0 Å². The van der Waals surface area contributed by atoms with E-state index in [0.717, 1.165) is 57.9 Å². The minimum atomic E-state index is 0.694. The van der Waals surface area contributed by atoms with Crippen molar-refractivity contribution in [3.63, 3.8) is 0 Å². The number of hydrogen-bond acceptors (Lipinski definition) is 2. The van der Waals surface area contributed by atoms with Crippen LogP contribution in [-0.2, 0) is 6.42 Å². The molecule has 1 aliphatic carbocycles. The van der Waals surface area contributed by atoms with Crippen LogP contribution in [0.5, 0.6) is 0 Å². The molecule has 264 valence electrons. The van der Waals surface area contributed by atoms with Crippen LogP contribution >= 0.6 is 0 Å². The van der Waals surface area contributed by atoms with Crippen LogP contribution in [0.15, 0.2) is 188 Å². The summed E-state index contributed by atoms with van der Waals surface area (Å²) in [6, 6.07) is 64.8. The molecule has 0 spiro atoms. The Kier molecular flexibility index (Phi) is 7.59. The Hall–Kier alpha value is -7.30. The van der Waals surface area contributed by atoms with Gasteiger partial charge in [-0.2, -0.15) is 0 Å². The Bertz CT molecular complexity index is 3060. The first kappa shape index (κ1) is 32.2. The van der Waals surface area contributed by atoms with Crippen molar-refractivity contribution in [1.82, 2.24) is 19.1 Å². The fourth-order valence-electron chi connectivity index (χ4n) is 8.57. The van der Waals surface area contributed by atoms with E-state index in [2.05, 4.69) is 203 Å². The summed E-state index contributed by atoms with van der Waals surface area (Å²) < 4.78 is 4.74. The summed E-state index contributed by atoms with van der Waals surface area (Å²) in [4.78, 5) is 10.5. The molecule has 3 aromatic heterocycles. The highest BCUT2D eigenvalue weighted by atomic mass is 15.0. The van der Waals surface area contributed by atoms with E-state index in [-0.39, 0.29) is 0 Å². The van der Waals surface area contributed by atoms with Gasteiger partial charge in [-0.15, -0.1) is 0 Å². The van der Waals surface area contributed by atoms with Gasteiger partial charge in [0.05, 0.1) is 27.9 Å². The molecule has 0 unspecified atom stereocenters. The normalized spacial score (nSPS) is 12.4. The summed E-state index contributed by atoms with van der Waals surface area (Å²) >= 11 is 0. The third-order valence-corrected chi connectivity index (χ3v) is 11.2. The number of hydrogen-bond donors (Lipinski definition) is 0. The molecule has 56 heavy (non-hydrogen) atoms. The van der Waals surface area contributed by atoms with E-state index in [1.54, 1.807) is 0 Å². The molecule has 11 rings (SSSR count). The first-order valence-corrected chi connectivity index (χ1v) is 19.3. The summed E-state index contributed by atoms with van der Waals surface area (Å²) in [5.74, 6) is 0.694. The number of aryl methyl sites for hydroxylation is 1. The Morgan fingerprint density at radius 1 is 0.393 bits per heavy atom. The fraction of sp³-hybridized carbons (Fsp3) is 0.0385. The van der Waals surface area contributed by atoms with E-state index < -0.39 is 0 Å². The van der Waals surface area contributed by atoms with Crippen LogP contribution in [0.4, 0.5) is 0 Å². The summed E-state index contributed by atoms with van der Waals surface area (Å²) in [7, 11) is 0. The Morgan fingerprint density at radius 2 is 0.929 bits per heavy atom. The number of nitrogens with zero attached hydrogens (tertiary/aromatic N) is 4. The van der Waals surface area contributed by atoms with E-state index in [4.69, 9.17) is 9.97 Å². The lowest BCUT2D eigenvalue weighted by molar-refractivity contribution is 0.967. The van der Waals surface area contributed by atoms with Crippen LogP contribution in [0.1, 0.15) is 17.7 Å². The van der Waals surface area contributed by atoms with Crippen molar-refractivity contribution in [2.24, 2.45) is 0 Å². The molecule has 0 saturated heterocycles. The van der Waals surface area contributed by atoms with Gasteiger partial charge in [0.15, 0.2) is 5.82 Å². The average Bonchev–Trinajstić information content (AvgIpc) is 3.80. The molecule has 10 aromatic rings. The van der Waals surface area contributed by atoms with Crippen LogP contribution in [-0.4, -0.2) is 19.1 Å². The van der Waals surface area contributed by atoms with Gasteiger partial charge in [0.25, 0.3) is 0 Å². The van der Waals surface area contributed by atoms with Gasteiger partial charge in [-0.3, -0.25) is 0 Å². The summed E-state index contributed by atoms with van der Waals surface area (Å²) in [6.07, 6.45) is 6.70. The van der Waals surface area contributed by atoms with Gasteiger partial charge in [0.1, 0.15) is 0 Å². The van der Waals surface area contributed by atoms with Gasteiger partial charge in [-0.1, -0.05) is 121 Å². The average molecular weight is 717 g/mol. The van der Waals surface area contributed by atoms with Crippen LogP contribution in [0.2, 0.25) is 0 Å². The molecular formula is C52H36N4. The lowest BCUT2D eigenvalue weighted by atomic mass is 10.0. The second-order valence-corrected chi connectivity index (χ2v) is 14.5. The molecule has 0 radical (unpaired) electrons. The molecular weight excluding hydrogens is 681 g/mol. The third-order valence-electron chi connectivity index (χ3n) is 11.2. The topological polar surface area (TPSA) is 35.6 Å². The highest BCUT2D eigenvalue weighted by molar-refractivity contribution is 6.09. The van der Waals surface area contributed by atoms with Gasteiger partial charge in [-0.05, 0) is 102 Å². The van der Waals surface area contributed by atoms with Crippen LogP contribution in [0, 0.1) is 0 Å². The molecule has 4 heteroatoms. The van der Waals surface area contributed by atoms with E-state index >= 15 is 0 Å². The van der Waals surface area contributed by atoms with Crippen molar-refractivity contribution in [1.29, 1.82) is 0 Å². The molecule has 0 aliphatic heterocycles. The summed E-state index contributed by atoms with van der Waals surface area (Å²) in [5.41, 5.74) is 15.7. The number of fused-ring (bicyclic) bond motifs is 6. The molecule has 0 atom stereocenters. The van der Waals surface area contributed by atoms with E-state index in [1.165, 1.54) is 49.5 Å². The number of benzene rings is 7. The van der Waals surface area contributed by atoms with Gasteiger partial charge in [-0.25, -0.2) is 9.97 Å². The lowest BCUT2D eigenvalue weighted by Crippen LogP contribution is -2.01. The quantitative estimate of drug-likeness (QED) is 0.172. The fourth-order valence-corrected chi connectivity index (χ4v) is 8.57. The number of aromatic nitrogens is 4. The maximum Gasteiger partial charge on any atom is 0.160 e. The van der Waals surface area contributed by atoms with Gasteiger partial charge in [0, 0.05) is 49.9 Å². The van der Waals surface area contributed by atoms with Crippen molar-refractivity contribution >= 4 is 38.8 Å². The Labute approximate surface area is 325 Å². The van der Waals surface area contributed by atoms with Crippen molar-refractivity contribution in [2.75, 3.05) is 0 Å². The first-order chi connectivity index (χ1) is 27.8. The van der Waals surface area contributed by atoms with Gasteiger partial charge < -0.3 is 9.13 Å². The minimum Gasteiger partial charge on any atom is -0.310 e. The first-order valence-electron chi connectivity index (χ1n) is 19.3. The Balaban J connectivity index is 1.03. The third kappa shape index (κ3) is 5.38. The molecule has 3 heterocycles. The highest BCUT2D eigenvalue weighted by Gasteiger charge is 2.19. The zero-order valence-electron chi connectivity index (χ0n) is 30.7. The predicted molar refractivity (Wildman–Crippen MR) is 232 cm³/mol. The van der Waals surface area contributed by atoms with Crippen LogP contribution in [0.25, 0.3) is 95.2 Å². The maximum atomic E-state index is 5.25. The highest BCUT2D eigenvalue weighted by Crippen LogP contribution is 2.36. The standard InChI is InChI=1S/C52H36N4/c1-2-13-35(14-3-1)38-15-12-16-39(33-38)47-34-46(36-25-29-40(30-26-36)55-48-21-8-4-17-42(48)43-18-5-9-22-49(43)55)53-52(54-47)37-27-31-41(32-28-37)56-50-23-10-6-19-44(50)45-20-7-11-24-51(45)56/h1-6,8-19,21-34H,7,20H2.